The van der Waals surface area contributed by atoms with E-state index in [9.17, 15) is 4.79 Å². The van der Waals surface area contributed by atoms with Gasteiger partial charge >= 0.3 is 6.09 Å². The average Bonchev–Trinajstić information content (AvgIpc) is 2.41. The van der Waals surface area contributed by atoms with Crippen LogP contribution in [0.25, 0.3) is 0 Å². The van der Waals surface area contributed by atoms with Crippen LogP contribution in [0.2, 0.25) is 0 Å². The summed E-state index contributed by atoms with van der Waals surface area (Å²) in [6.45, 7) is 4.72. The van der Waals surface area contributed by atoms with E-state index in [-0.39, 0.29) is 11.7 Å². The first-order valence-corrected chi connectivity index (χ1v) is 5.58. The van der Waals surface area contributed by atoms with Crippen LogP contribution >= 0.6 is 0 Å². The van der Waals surface area contributed by atoms with Crippen LogP contribution in [0.1, 0.15) is 46.0 Å². The third kappa shape index (κ3) is 1.86. The summed E-state index contributed by atoms with van der Waals surface area (Å²) in [6.07, 6.45) is 6.05. The van der Waals surface area contributed by atoms with Gasteiger partial charge in [-0.15, -0.1) is 0 Å². The van der Waals surface area contributed by atoms with E-state index in [0.717, 1.165) is 19.4 Å². The van der Waals surface area contributed by atoms with E-state index in [1.165, 1.54) is 19.3 Å². The van der Waals surface area contributed by atoms with Gasteiger partial charge in [0.1, 0.15) is 5.60 Å². The minimum Gasteiger partial charge on any atom is -0.441 e. The number of carbonyl (C=O) groups excluding carboxylic acids is 1. The van der Waals surface area contributed by atoms with Crippen LogP contribution in [0.5, 0.6) is 0 Å². The van der Waals surface area contributed by atoms with Crippen molar-refractivity contribution in [2.45, 2.75) is 57.6 Å². The summed E-state index contributed by atoms with van der Waals surface area (Å²) in [5.74, 6) is 0. The van der Waals surface area contributed by atoms with Crippen molar-refractivity contribution in [3.63, 3.8) is 0 Å². The Kier molecular flexibility index (Phi) is 2.41. The fourth-order valence-corrected chi connectivity index (χ4v) is 2.47. The highest BCUT2D eigenvalue weighted by atomic mass is 16.6. The molecule has 0 unspecified atom stereocenters. The van der Waals surface area contributed by atoms with E-state index in [1.54, 1.807) is 0 Å². The Morgan fingerprint density at radius 3 is 2.43 bits per heavy atom. The van der Waals surface area contributed by atoms with Crippen LogP contribution in [0.3, 0.4) is 0 Å². The van der Waals surface area contributed by atoms with Crippen molar-refractivity contribution in [1.82, 2.24) is 4.90 Å². The summed E-state index contributed by atoms with van der Waals surface area (Å²) in [5.41, 5.74) is -0.283. The SMILES string of the molecule is CC1(C)CN(C2CCCCC2)C(=O)O1. The summed E-state index contributed by atoms with van der Waals surface area (Å²) in [5, 5.41) is 0. The van der Waals surface area contributed by atoms with Crippen LogP contribution in [0, 0.1) is 0 Å². The molecule has 1 heterocycles. The predicted octanol–water partition coefficient (Wildman–Crippen LogP) is 2.55. The lowest BCUT2D eigenvalue weighted by Gasteiger charge is -2.29. The number of hydrogen-bond donors (Lipinski definition) is 0. The molecule has 0 aromatic heterocycles. The number of ether oxygens (including phenoxy) is 1. The summed E-state index contributed by atoms with van der Waals surface area (Å²) < 4.78 is 5.30. The van der Waals surface area contributed by atoms with Crippen molar-refractivity contribution < 1.29 is 9.53 Å². The largest absolute Gasteiger partial charge is 0.441 e. The maximum atomic E-state index is 11.6. The van der Waals surface area contributed by atoms with E-state index in [2.05, 4.69) is 0 Å². The molecule has 3 heteroatoms. The second-order valence-corrected chi connectivity index (χ2v) is 5.05. The maximum Gasteiger partial charge on any atom is 0.410 e. The molecule has 0 aromatic rings. The van der Waals surface area contributed by atoms with Crippen LogP contribution in [-0.2, 0) is 4.74 Å². The molecule has 1 amide bonds. The maximum absolute atomic E-state index is 11.6. The van der Waals surface area contributed by atoms with Gasteiger partial charge in [-0.2, -0.15) is 0 Å². The van der Waals surface area contributed by atoms with E-state index in [4.69, 9.17) is 4.74 Å². The average molecular weight is 197 g/mol. The molecule has 2 fully saturated rings. The Labute approximate surface area is 85.4 Å². The van der Waals surface area contributed by atoms with Gasteiger partial charge in [-0.05, 0) is 26.7 Å². The molecule has 80 valence electrons. The summed E-state index contributed by atoms with van der Waals surface area (Å²) >= 11 is 0. The predicted molar refractivity (Wildman–Crippen MR) is 54.1 cm³/mol. The first kappa shape index (κ1) is 9.81. The summed E-state index contributed by atoms with van der Waals surface area (Å²) in [6, 6.07) is 0.443. The lowest BCUT2D eigenvalue weighted by molar-refractivity contribution is 0.0849. The number of amides is 1. The summed E-state index contributed by atoms with van der Waals surface area (Å²) in [7, 11) is 0. The van der Waals surface area contributed by atoms with Gasteiger partial charge in [-0.25, -0.2) is 4.79 Å². The van der Waals surface area contributed by atoms with Crippen molar-refractivity contribution in [2.75, 3.05) is 6.54 Å². The Morgan fingerprint density at radius 1 is 1.29 bits per heavy atom. The molecule has 0 atom stereocenters. The van der Waals surface area contributed by atoms with Crippen LogP contribution in [0.4, 0.5) is 4.79 Å². The molecule has 1 saturated carbocycles. The van der Waals surface area contributed by atoms with Crippen LogP contribution in [-0.4, -0.2) is 29.2 Å². The summed E-state index contributed by atoms with van der Waals surface area (Å²) in [4.78, 5) is 13.5. The highest BCUT2D eigenvalue weighted by Crippen LogP contribution is 2.29. The third-order valence-corrected chi connectivity index (χ3v) is 3.16. The molecule has 0 aromatic carbocycles. The molecule has 14 heavy (non-hydrogen) atoms. The first-order valence-electron chi connectivity index (χ1n) is 5.58. The highest BCUT2D eigenvalue weighted by Gasteiger charge is 2.40. The molecule has 3 nitrogen and oxygen atoms in total. The van der Waals surface area contributed by atoms with Gasteiger partial charge < -0.3 is 9.64 Å². The standard InChI is InChI=1S/C11H19NO2/c1-11(2)8-12(10(13)14-11)9-6-4-3-5-7-9/h9H,3-8H2,1-2H3. The highest BCUT2D eigenvalue weighted by molar-refractivity contribution is 5.71. The van der Waals surface area contributed by atoms with E-state index < -0.39 is 0 Å². The fraction of sp³-hybridized carbons (Fsp3) is 0.909. The zero-order valence-corrected chi connectivity index (χ0v) is 9.08. The van der Waals surface area contributed by atoms with Gasteiger partial charge in [-0.1, -0.05) is 19.3 Å². The van der Waals surface area contributed by atoms with Gasteiger partial charge in [0.05, 0.1) is 6.54 Å². The smallest absolute Gasteiger partial charge is 0.410 e. The molecule has 0 N–H and O–H groups in total. The van der Waals surface area contributed by atoms with E-state index in [1.807, 2.05) is 18.7 Å². The Morgan fingerprint density at radius 2 is 1.93 bits per heavy atom. The normalized spacial score (nSPS) is 27.9. The van der Waals surface area contributed by atoms with Gasteiger partial charge in [0.15, 0.2) is 0 Å². The first-order chi connectivity index (χ1) is 6.58. The number of hydrogen-bond acceptors (Lipinski definition) is 2. The van der Waals surface area contributed by atoms with E-state index in [0.29, 0.717) is 6.04 Å². The number of nitrogens with zero attached hydrogens (tertiary/aromatic N) is 1. The number of cyclic esters (lactones) is 1. The Hall–Kier alpha value is -0.730. The molecule has 2 rings (SSSR count). The van der Waals surface area contributed by atoms with Crippen LogP contribution in [0.15, 0.2) is 0 Å². The Balaban J connectivity index is 2.00. The molecule has 0 bridgehead atoms. The third-order valence-electron chi connectivity index (χ3n) is 3.16. The van der Waals surface area contributed by atoms with Gasteiger partial charge in [-0.3, -0.25) is 0 Å². The quantitative estimate of drug-likeness (QED) is 0.646. The lowest BCUT2D eigenvalue weighted by Crippen LogP contribution is -2.38. The molecule has 0 spiro atoms. The second-order valence-electron chi connectivity index (χ2n) is 5.05. The molecule has 1 aliphatic carbocycles. The second kappa shape index (κ2) is 3.44. The molecular weight excluding hydrogens is 178 g/mol. The van der Waals surface area contributed by atoms with Gasteiger partial charge in [0.2, 0.25) is 0 Å². The van der Waals surface area contributed by atoms with Crippen molar-refractivity contribution >= 4 is 6.09 Å². The van der Waals surface area contributed by atoms with E-state index >= 15 is 0 Å². The lowest BCUT2D eigenvalue weighted by atomic mass is 9.94. The number of rotatable bonds is 1. The van der Waals surface area contributed by atoms with Gasteiger partial charge in [0, 0.05) is 6.04 Å². The molecule has 2 aliphatic rings. The van der Waals surface area contributed by atoms with Crippen LogP contribution < -0.4 is 0 Å². The zero-order valence-electron chi connectivity index (χ0n) is 9.08. The van der Waals surface area contributed by atoms with Crippen molar-refractivity contribution in [3.05, 3.63) is 0 Å². The van der Waals surface area contributed by atoms with Crippen molar-refractivity contribution in [2.24, 2.45) is 0 Å². The van der Waals surface area contributed by atoms with Gasteiger partial charge in [0.25, 0.3) is 0 Å². The Bertz CT molecular complexity index is 231. The minimum absolute atomic E-state index is 0.109. The molecule has 0 radical (unpaired) electrons. The number of carbonyl (C=O) groups is 1. The molecule has 1 saturated heterocycles. The topological polar surface area (TPSA) is 29.5 Å². The molecule has 1 aliphatic heterocycles. The monoisotopic (exact) mass is 197 g/mol. The minimum atomic E-state index is -0.283. The zero-order chi connectivity index (χ0) is 10.2. The fourth-order valence-electron chi connectivity index (χ4n) is 2.47. The van der Waals surface area contributed by atoms with Crippen molar-refractivity contribution in [1.29, 1.82) is 0 Å². The molecular formula is C11H19NO2. The van der Waals surface area contributed by atoms with Crippen molar-refractivity contribution in [3.8, 4) is 0 Å².